The highest BCUT2D eigenvalue weighted by molar-refractivity contribution is 8.09. The lowest BCUT2D eigenvalue weighted by Crippen LogP contribution is -2.50. The van der Waals surface area contributed by atoms with E-state index in [-0.39, 0.29) is 120 Å². The molecule has 1 aromatic rings. The maximum absolute atomic E-state index is 14.0. The fraction of sp³-hybridized carbons (Fsp3) is 0.632. The molecule has 4 amide bonds. The Morgan fingerprint density at radius 2 is 1.11 bits per heavy atom. The Morgan fingerprint density at radius 1 is 0.696 bits per heavy atom. The van der Waals surface area contributed by atoms with Crippen molar-refractivity contribution in [1.82, 2.24) is 21.3 Å². The van der Waals surface area contributed by atoms with Crippen LogP contribution < -0.4 is 25.8 Å². The maximum Gasteiger partial charge on any atom is 0.255 e. The van der Waals surface area contributed by atoms with Crippen molar-refractivity contribution in [2.24, 2.45) is 0 Å². The summed E-state index contributed by atoms with van der Waals surface area (Å²) in [5.41, 5.74) is -1.15. The van der Waals surface area contributed by atoms with Gasteiger partial charge >= 0.3 is 0 Å². The van der Waals surface area contributed by atoms with Crippen molar-refractivity contribution in [3.8, 4) is 30.4 Å². The summed E-state index contributed by atoms with van der Waals surface area (Å²) < 4.78 is 37.6. The number of carbonyl (C=O) groups excluding carboxylic acids is 4. The molecular weight excluding hydrogens is 767 g/mol. The standard InChI is InChI=1S/C38H59N4O12PS/c1-5-21-49-28-30-52-24-19-40-35(44)13-16-38(15-12-34(43)39-18-23-51-27-26-48-7-3,17-14-36(45)41-20-25-53-31-29-50-22-6-2)42-37(46)32-10-8-9-11-33(32)54-55(4,47)56/h1-2,8-11H,7,12-31H2,3-4H3,(H,39,43)(H,40,44)(H,41,45)(H,42,46)(H,47,56). The summed E-state index contributed by atoms with van der Waals surface area (Å²) in [6.07, 6.45) is 10.4. The number of nitrogens with one attached hydrogen (secondary N) is 4. The first kappa shape index (κ1) is 50.4. The summed E-state index contributed by atoms with van der Waals surface area (Å²) in [5.74, 6) is 3.23. The minimum Gasteiger partial charge on any atom is -0.443 e. The molecule has 56 heavy (non-hydrogen) atoms. The summed E-state index contributed by atoms with van der Waals surface area (Å²) in [4.78, 5) is 63.5. The van der Waals surface area contributed by atoms with Crippen LogP contribution in [0.5, 0.6) is 5.75 Å². The first-order chi connectivity index (χ1) is 26.9. The Balaban J connectivity index is 3.15. The van der Waals surface area contributed by atoms with Crippen molar-refractivity contribution < 1.29 is 57.0 Å². The van der Waals surface area contributed by atoms with Crippen LogP contribution in [0.3, 0.4) is 0 Å². The Kier molecular flexibility index (Phi) is 28.3. The van der Waals surface area contributed by atoms with E-state index in [0.29, 0.717) is 46.2 Å². The Bertz CT molecular complexity index is 1390. The van der Waals surface area contributed by atoms with Crippen LogP contribution in [0.2, 0.25) is 0 Å². The molecule has 1 aromatic carbocycles. The maximum atomic E-state index is 14.0. The number of hydrogen-bond acceptors (Lipinski definition) is 12. The van der Waals surface area contributed by atoms with E-state index in [2.05, 4.69) is 33.1 Å². The number of para-hydroxylation sites is 1. The zero-order chi connectivity index (χ0) is 41.3. The van der Waals surface area contributed by atoms with Gasteiger partial charge in [0, 0.05) is 57.7 Å². The molecule has 0 bridgehead atoms. The third kappa shape index (κ3) is 26.3. The molecule has 1 unspecified atom stereocenters. The molecule has 18 heteroatoms. The van der Waals surface area contributed by atoms with Crippen molar-refractivity contribution in [1.29, 1.82) is 0 Å². The van der Waals surface area contributed by atoms with Crippen LogP contribution in [-0.4, -0.2) is 140 Å². The van der Waals surface area contributed by atoms with E-state index < -0.39 is 17.9 Å². The van der Waals surface area contributed by atoms with Gasteiger partial charge in [0.05, 0.1) is 65.0 Å². The Hall–Kier alpha value is -3.61. The summed E-state index contributed by atoms with van der Waals surface area (Å²) in [5, 5.41) is 11.4. The van der Waals surface area contributed by atoms with E-state index in [4.69, 9.17) is 57.6 Å². The zero-order valence-electron chi connectivity index (χ0n) is 32.6. The van der Waals surface area contributed by atoms with E-state index in [0.717, 1.165) is 0 Å². The van der Waals surface area contributed by atoms with Gasteiger partial charge in [0.15, 0.2) is 0 Å². The van der Waals surface area contributed by atoms with Crippen LogP contribution in [0.4, 0.5) is 0 Å². The fourth-order valence-electron chi connectivity index (χ4n) is 4.96. The number of terminal acetylenes is 2. The number of rotatable bonds is 34. The molecule has 314 valence electrons. The smallest absolute Gasteiger partial charge is 0.255 e. The van der Waals surface area contributed by atoms with Gasteiger partial charge in [-0.3, -0.25) is 19.2 Å². The summed E-state index contributed by atoms with van der Waals surface area (Å²) >= 11 is 5.07. The fourth-order valence-corrected chi connectivity index (χ4v) is 5.73. The molecule has 0 aliphatic carbocycles. The minimum absolute atomic E-state index is 0.0435. The van der Waals surface area contributed by atoms with Gasteiger partial charge in [0.25, 0.3) is 5.91 Å². The molecule has 0 fully saturated rings. The van der Waals surface area contributed by atoms with E-state index in [1.807, 2.05) is 6.92 Å². The number of ether oxygens (including phenoxy) is 6. The third-order valence-corrected chi connectivity index (χ3v) is 8.43. The van der Waals surface area contributed by atoms with Gasteiger partial charge in [-0.15, -0.1) is 12.8 Å². The molecular formula is C38H59N4O12PS. The highest BCUT2D eigenvalue weighted by atomic mass is 32.5. The van der Waals surface area contributed by atoms with Crippen molar-refractivity contribution in [2.75, 3.05) is 106 Å². The SMILES string of the molecule is C#CCOCCOCCNC(=O)CCC(CCC(=O)NCCOCCOCC)(CCC(=O)NCCOCCOCC#C)NC(=O)c1ccccc1OP(C)(O)=S. The lowest BCUT2D eigenvalue weighted by molar-refractivity contribution is -0.121. The van der Waals surface area contributed by atoms with Gasteiger partial charge in [0.1, 0.15) is 19.0 Å². The second-order valence-corrected chi connectivity index (χ2v) is 16.0. The monoisotopic (exact) mass is 826 g/mol. The molecule has 0 aliphatic heterocycles. The molecule has 1 rings (SSSR count). The van der Waals surface area contributed by atoms with Crippen molar-refractivity contribution in [2.45, 2.75) is 51.0 Å². The molecule has 0 radical (unpaired) electrons. The zero-order valence-corrected chi connectivity index (χ0v) is 34.3. The third-order valence-electron chi connectivity index (χ3n) is 7.67. The van der Waals surface area contributed by atoms with Crippen molar-refractivity contribution in [3.63, 3.8) is 0 Å². The molecule has 16 nitrogen and oxygen atoms in total. The second kappa shape index (κ2) is 31.5. The average Bonchev–Trinajstić information content (AvgIpc) is 3.16. The summed E-state index contributed by atoms with van der Waals surface area (Å²) in [6, 6.07) is 6.27. The van der Waals surface area contributed by atoms with E-state index in [1.165, 1.54) is 18.8 Å². The largest absolute Gasteiger partial charge is 0.443 e. The van der Waals surface area contributed by atoms with Crippen molar-refractivity contribution >= 4 is 41.9 Å². The minimum atomic E-state index is -3.22. The van der Waals surface area contributed by atoms with Gasteiger partial charge < -0.3 is 59.1 Å². The molecule has 5 N–H and O–H groups in total. The van der Waals surface area contributed by atoms with Gasteiger partial charge in [-0.2, -0.15) is 0 Å². The van der Waals surface area contributed by atoms with Crippen molar-refractivity contribution in [3.05, 3.63) is 29.8 Å². The number of benzene rings is 1. The number of hydrogen-bond donors (Lipinski definition) is 5. The predicted molar refractivity (Wildman–Crippen MR) is 215 cm³/mol. The molecule has 0 heterocycles. The molecule has 0 saturated heterocycles. The van der Waals surface area contributed by atoms with Crippen LogP contribution in [0.25, 0.3) is 0 Å². The van der Waals surface area contributed by atoms with Crippen LogP contribution in [0, 0.1) is 24.7 Å². The van der Waals surface area contributed by atoms with E-state index in [9.17, 15) is 24.1 Å². The first-order valence-corrected chi connectivity index (χ1v) is 21.6. The normalized spacial score (nSPS) is 12.1. The van der Waals surface area contributed by atoms with Gasteiger partial charge in [-0.1, -0.05) is 24.0 Å². The van der Waals surface area contributed by atoms with E-state index >= 15 is 0 Å². The van der Waals surface area contributed by atoms with Crippen LogP contribution in [0.15, 0.2) is 24.3 Å². The second-order valence-electron chi connectivity index (χ2n) is 12.2. The summed E-state index contributed by atoms with van der Waals surface area (Å²) in [6.45, 7) is 4.45. The highest BCUT2D eigenvalue weighted by Crippen LogP contribution is 2.40. The molecule has 0 spiro atoms. The molecule has 1 atom stereocenters. The molecule has 0 aliphatic rings. The number of amides is 4. The molecule has 0 aromatic heterocycles. The Labute approximate surface area is 336 Å². The summed E-state index contributed by atoms with van der Waals surface area (Å²) in [7, 11) is 0. The van der Waals surface area contributed by atoms with Gasteiger partial charge in [-0.05, 0) is 50.1 Å². The van der Waals surface area contributed by atoms with Crippen LogP contribution >= 0.6 is 6.49 Å². The lowest BCUT2D eigenvalue weighted by Gasteiger charge is -2.35. The molecule has 0 saturated carbocycles. The average molecular weight is 827 g/mol. The first-order valence-electron chi connectivity index (χ1n) is 18.5. The quantitative estimate of drug-likeness (QED) is 0.0381. The topological polar surface area (TPSA) is 201 Å². The van der Waals surface area contributed by atoms with Crippen LogP contribution in [0.1, 0.15) is 55.8 Å². The predicted octanol–water partition coefficient (Wildman–Crippen LogP) is 1.54. The Morgan fingerprint density at radius 3 is 1.52 bits per heavy atom. The number of carbonyl (C=O) groups is 4. The van der Waals surface area contributed by atoms with Gasteiger partial charge in [-0.25, -0.2) is 0 Å². The highest BCUT2D eigenvalue weighted by Gasteiger charge is 2.35. The van der Waals surface area contributed by atoms with Gasteiger partial charge in [0.2, 0.25) is 24.2 Å². The lowest BCUT2D eigenvalue weighted by atomic mass is 9.82. The van der Waals surface area contributed by atoms with E-state index in [1.54, 1.807) is 12.1 Å². The van der Waals surface area contributed by atoms with Crippen LogP contribution in [-0.2, 0) is 54.6 Å².